The lowest BCUT2D eigenvalue weighted by Gasteiger charge is -2.19. The molecule has 0 heterocycles. The van der Waals surface area contributed by atoms with Gasteiger partial charge < -0.3 is 10.1 Å². The van der Waals surface area contributed by atoms with Crippen LogP contribution in [0.2, 0.25) is 0 Å². The number of rotatable bonds is 11. The first-order valence-corrected chi connectivity index (χ1v) is 10.6. The summed E-state index contributed by atoms with van der Waals surface area (Å²) in [6.45, 7) is 0. The maximum absolute atomic E-state index is 5.26. The summed E-state index contributed by atoms with van der Waals surface area (Å²) in [5.74, 6) is 0.872. The molecule has 0 spiro atoms. The van der Waals surface area contributed by atoms with E-state index in [1.165, 1.54) is 11.1 Å². The third kappa shape index (κ3) is 7.29. The molecule has 0 aromatic heterocycles. The second-order valence-electron chi connectivity index (χ2n) is 7.28. The quantitative estimate of drug-likeness (QED) is 0.269. The minimum Gasteiger partial charge on any atom is -0.497 e. The lowest BCUT2D eigenvalue weighted by molar-refractivity contribution is 0.415. The molecule has 30 heavy (non-hydrogen) atoms. The van der Waals surface area contributed by atoms with E-state index < -0.39 is 0 Å². The van der Waals surface area contributed by atoms with E-state index in [2.05, 4.69) is 102 Å². The van der Waals surface area contributed by atoms with Crippen molar-refractivity contribution in [1.29, 1.82) is 0 Å². The second kappa shape index (κ2) is 12.3. The fourth-order valence-corrected chi connectivity index (χ4v) is 3.35. The molecule has 0 aliphatic carbocycles. The van der Waals surface area contributed by atoms with Crippen molar-refractivity contribution in [3.63, 3.8) is 0 Å². The van der Waals surface area contributed by atoms with Gasteiger partial charge >= 0.3 is 0 Å². The van der Waals surface area contributed by atoms with E-state index in [0.717, 1.165) is 37.1 Å². The Hall–Kier alpha value is -3.26. The normalized spacial score (nSPS) is 12.3. The highest BCUT2D eigenvalue weighted by atomic mass is 16.5. The molecule has 1 unspecified atom stereocenters. The molecule has 1 atom stereocenters. The van der Waals surface area contributed by atoms with Crippen LogP contribution in [0.5, 0.6) is 5.75 Å². The molecule has 0 aliphatic heterocycles. The predicted octanol–water partition coefficient (Wildman–Crippen LogP) is 7.37. The van der Waals surface area contributed by atoms with Gasteiger partial charge in [0.1, 0.15) is 5.75 Å². The van der Waals surface area contributed by atoms with E-state index in [-0.39, 0.29) is 6.04 Å². The molecule has 3 rings (SSSR count). The number of benzene rings is 3. The molecule has 1 N–H and O–H groups in total. The van der Waals surface area contributed by atoms with Crippen LogP contribution >= 0.6 is 0 Å². The van der Waals surface area contributed by atoms with Crippen LogP contribution in [0.1, 0.15) is 36.4 Å². The Kier molecular flexibility index (Phi) is 8.82. The van der Waals surface area contributed by atoms with Crippen molar-refractivity contribution in [2.45, 2.75) is 31.7 Å². The zero-order valence-corrected chi connectivity index (χ0v) is 17.7. The Morgan fingerprint density at radius 3 is 2.03 bits per heavy atom. The molecule has 2 nitrogen and oxygen atoms in total. The molecular weight excluding hydrogens is 366 g/mol. The first-order valence-electron chi connectivity index (χ1n) is 10.6. The maximum Gasteiger partial charge on any atom is 0.119 e. The summed E-state index contributed by atoms with van der Waals surface area (Å²) in [5, 5.41) is 3.66. The highest BCUT2D eigenvalue weighted by Gasteiger charge is 2.09. The third-order valence-electron chi connectivity index (χ3n) is 5.03. The molecule has 0 radical (unpaired) electrons. The number of anilines is 1. The lowest BCUT2D eigenvalue weighted by Crippen LogP contribution is -2.09. The van der Waals surface area contributed by atoms with Gasteiger partial charge in [0.05, 0.1) is 13.2 Å². The Balaban J connectivity index is 1.49. The van der Waals surface area contributed by atoms with Crippen molar-refractivity contribution in [1.82, 2.24) is 0 Å². The topological polar surface area (TPSA) is 21.3 Å². The SMILES string of the molecule is COc1ccc(NC(C/C=C/CC/C=C/Cc2ccccc2)c2ccccc2)cc1. The lowest BCUT2D eigenvalue weighted by atomic mass is 10.0. The van der Waals surface area contributed by atoms with E-state index in [1.54, 1.807) is 7.11 Å². The number of allylic oxidation sites excluding steroid dienone is 3. The van der Waals surface area contributed by atoms with Crippen LogP contribution in [0.4, 0.5) is 5.69 Å². The number of ether oxygens (including phenoxy) is 1. The highest BCUT2D eigenvalue weighted by molar-refractivity contribution is 5.48. The molecule has 3 aromatic carbocycles. The van der Waals surface area contributed by atoms with Gasteiger partial charge in [0, 0.05) is 5.69 Å². The molecule has 3 aromatic rings. The van der Waals surface area contributed by atoms with Crippen LogP contribution < -0.4 is 10.1 Å². The van der Waals surface area contributed by atoms with Crippen LogP contribution in [0.3, 0.4) is 0 Å². The molecule has 2 heteroatoms. The molecular formula is C28H31NO. The zero-order chi connectivity index (χ0) is 20.9. The summed E-state index contributed by atoms with van der Waals surface area (Å²) in [6, 6.07) is 29.6. The summed E-state index contributed by atoms with van der Waals surface area (Å²) in [6.07, 6.45) is 13.2. The van der Waals surface area contributed by atoms with Crippen LogP contribution in [0, 0.1) is 0 Å². The van der Waals surface area contributed by atoms with E-state index in [9.17, 15) is 0 Å². The summed E-state index contributed by atoms with van der Waals surface area (Å²) in [7, 11) is 1.69. The molecule has 0 saturated heterocycles. The monoisotopic (exact) mass is 397 g/mol. The van der Waals surface area contributed by atoms with Crippen molar-refractivity contribution >= 4 is 5.69 Å². The van der Waals surface area contributed by atoms with Crippen LogP contribution in [0.15, 0.2) is 109 Å². The van der Waals surface area contributed by atoms with Crippen molar-refractivity contribution in [3.05, 3.63) is 120 Å². The van der Waals surface area contributed by atoms with Gasteiger partial charge in [0.2, 0.25) is 0 Å². The summed E-state index contributed by atoms with van der Waals surface area (Å²) < 4.78 is 5.26. The fraction of sp³-hybridized carbons (Fsp3) is 0.214. The van der Waals surface area contributed by atoms with Crippen molar-refractivity contribution < 1.29 is 4.74 Å². The van der Waals surface area contributed by atoms with Crippen molar-refractivity contribution in [2.24, 2.45) is 0 Å². The molecule has 0 saturated carbocycles. The minimum atomic E-state index is 0.240. The number of hydrogen-bond acceptors (Lipinski definition) is 2. The van der Waals surface area contributed by atoms with E-state index in [1.807, 2.05) is 12.1 Å². The van der Waals surface area contributed by atoms with Gasteiger partial charge in [-0.15, -0.1) is 0 Å². The predicted molar refractivity (Wildman–Crippen MR) is 128 cm³/mol. The fourth-order valence-electron chi connectivity index (χ4n) is 3.35. The summed E-state index contributed by atoms with van der Waals surface area (Å²) in [4.78, 5) is 0. The van der Waals surface area contributed by atoms with Gasteiger partial charge in [0.25, 0.3) is 0 Å². The standard InChI is InChI=1S/C28H31NO/c1-30-27-22-20-26(21-23-27)29-28(25-17-11-7-12-18-25)19-13-5-3-2-4-8-14-24-15-9-6-10-16-24/h4-13,15-18,20-23,28-29H,2-3,14,19H2,1H3/b8-4+,13-5+. The van der Waals surface area contributed by atoms with Crippen LogP contribution in [-0.2, 0) is 6.42 Å². The van der Waals surface area contributed by atoms with Crippen molar-refractivity contribution in [3.8, 4) is 5.75 Å². The van der Waals surface area contributed by atoms with Crippen molar-refractivity contribution in [2.75, 3.05) is 12.4 Å². The number of nitrogens with one attached hydrogen (secondary N) is 1. The van der Waals surface area contributed by atoms with Crippen LogP contribution in [-0.4, -0.2) is 7.11 Å². The molecule has 0 bridgehead atoms. The second-order valence-corrected chi connectivity index (χ2v) is 7.28. The minimum absolute atomic E-state index is 0.240. The number of unbranched alkanes of at least 4 members (excludes halogenated alkanes) is 1. The average Bonchev–Trinajstić information content (AvgIpc) is 2.81. The van der Waals surface area contributed by atoms with E-state index in [4.69, 9.17) is 4.74 Å². The summed E-state index contributed by atoms with van der Waals surface area (Å²) >= 11 is 0. The van der Waals surface area contributed by atoms with Gasteiger partial charge in [0.15, 0.2) is 0 Å². The van der Waals surface area contributed by atoms with Gasteiger partial charge in [-0.2, -0.15) is 0 Å². The first-order chi connectivity index (χ1) is 14.8. The van der Waals surface area contributed by atoms with Gasteiger partial charge in [-0.05, 0) is 61.1 Å². The number of hydrogen-bond donors (Lipinski definition) is 1. The van der Waals surface area contributed by atoms with E-state index in [0.29, 0.717) is 0 Å². The van der Waals surface area contributed by atoms with Gasteiger partial charge in [-0.1, -0.05) is 85.0 Å². The summed E-state index contributed by atoms with van der Waals surface area (Å²) in [5.41, 5.74) is 3.75. The van der Waals surface area contributed by atoms with Gasteiger partial charge in [-0.3, -0.25) is 0 Å². The van der Waals surface area contributed by atoms with Crippen LogP contribution in [0.25, 0.3) is 0 Å². The third-order valence-corrected chi connectivity index (χ3v) is 5.03. The maximum atomic E-state index is 5.26. The average molecular weight is 398 g/mol. The largest absolute Gasteiger partial charge is 0.497 e. The zero-order valence-electron chi connectivity index (χ0n) is 17.7. The number of methoxy groups -OCH3 is 1. The molecule has 154 valence electrons. The smallest absolute Gasteiger partial charge is 0.119 e. The molecule has 0 aliphatic rings. The molecule has 0 amide bonds. The Morgan fingerprint density at radius 1 is 0.733 bits per heavy atom. The Morgan fingerprint density at radius 2 is 1.37 bits per heavy atom. The molecule has 0 fully saturated rings. The van der Waals surface area contributed by atoms with E-state index >= 15 is 0 Å². The first kappa shape index (κ1) is 21.4. The van der Waals surface area contributed by atoms with Gasteiger partial charge in [-0.25, -0.2) is 0 Å². The Labute approximate surface area is 180 Å². The highest BCUT2D eigenvalue weighted by Crippen LogP contribution is 2.24. The Bertz CT molecular complexity index is 898.